The molecule has 0 saturated carbocycles. The molecule has 5 heteroatoms. The van der Waals surface area contributed by atoms with Crippen LogP contribution in [0.15, 0.2) is 0 Å². The van der Waals surface area contributed by atoms with Gasteiger partial charge in [0, 0.05) is 13.1 Å². The first-order valence-corrected chi connectivity index (χ1v) is 6.04. The molecule has 0 rings (SSSR count). The highest BCUT2D eigenvalue weighted by molar-refractivity contribution is 5.76. The fourth-order valence-electron chi connectivity index (χ4n) is 1.69. The van der Waals surface area contributed by atoms with Gasteiger partial charge >= 0.3 is 5.97 Å². The first kappa shape index (κ1) is 15.9. The Hall–Kier alpha value is -1.10. The number of carbonyl (C=O) groups is 2. The van der Waals surface area contributed by atoms with E-state index in [4.69, 9.17) is 10.5 Å². The molecule has 100 valence electrons. The minimum absolute atomic E-state index is 0.182. The van der Waals surface area contributed by atoms with Gasteiger partial charge < -0.3 is 10.5 Å². The molecule has 0 aliphatic rings. The topological polar surface area (TPSA) is 72.6 Å². The number of hydrogen-bond donors (Lipinski definition) is 1. The summed E-state index contributed by atoms with van der Waals surface area (Å²) in [5.74, 6) is -0.427. The van der Waals surface area contributed by atoms with Crippen molar-refractivity contribution in [2.45, 2.75) is 27.7 Å². The lowest BCUT2D eigenvalue weighted by Gasteiger charge is -2.25. The third kappa shape index (κ3) is 7.74. The Labute approximate surface area is 103 Å². The van der Waals surface area contributed by atoms with E-state index in [9.17, 15) is 9.59 Å². The Morgan fingerprint density at radius 3 is 2.24 bits per heavy atom. The maximum Gasteiger partial charge on any atom is 0.309 e. The molecule has 0 heterocycles. The van der Waals surface area contributed by atoms with Crippen molar-refractivity contribution in [3.05, 3.63) is 0 Å². The lowest BCUT2D eigenvalue weighted by molar-refractivity contribution is -0.148. The van der Waals surface area contributed by atoms with Crippen LogP contribution in [0.2, 0.25) is 0 Å². The zero-order valence-electron chi connectivity index (χ0n) is 11.2. The van der Waals surface area contributed by atoms with Crippen LogP contribution in [0, 0.1) is 11.8 Å². The van der Waals surface area contributed by atoms with Crippen LogP contribution in [-0.2, 0) is 14.3 Å². The van der Waals surface area contributed by atoms with Gasteiger partial charge in [-0.1, -0.05) is 20.8 Å². The number of rotatable bonds is 8. The molecule has 0 aromatic rings. The van der Waals surface area contributed by atoms with Crippen molar-refractivity contribution < 1.29 is 14.3 Å². The lowest BCUT2D eigenvalue weighted by atomic mass is 10.1. The first-order valence-electron chi connectivity index (χ1n) is 6.04. The maximum atomic E-state index is 11.5. The standard InChI is InChI=1S/C12H24N2O3/c1-5-17-12(16)10(4)7-14(6-9(2)3)8-11(13)15/h9-10H,5-8H2,1-4H3,(H2,13,15). The van der Waals surface area contributed by atoms with E-state index < -0.39 is 0 Å². The minimum Gasteiger partial charge on any atom is -0.466 e. The largest absolute Gasteiger partial charge is 0.466 e. The molecule has 0 aromatic heterocycles. The van der Waals surface area contributed by atoms with Gasteiger partial charge in [-0.2, -0.15) is 0 Å². The van der Waals surface area contributed by atoms with Crippen LogP contribution in [0.4, 0.5) is 0 Å². The van der Waals surface area contributed by atoms with Crippen molar-refractivity contribution in [2.24, 2.45) is 17.6 Å². The summed E-state index contributed by atoms with van der Waals surface area (Å²) >= 11 is 0. The summed E-state index contributed by atoms with van der Waals surface area (Å²) in [5, 5.41) is 0. The van der Waals surface area contributed by atoms with Crippen molar-refractivity contribution in [1.82, 2.24) is 4.90 Å². The second kappa shape index (κ2) is 8.06. The third-order valence-electron chi connectivity index (χ3n) is 2.22. The molecule has 0 aliphatic heterocycles. The fourth-order valence-corrected chi connectivity index (χ4v) is 1.69. The molecule has 1 amide bonds. The highest BCUT2D eigenvalue weighted by Crippen LogP contribution is 2.05. The monoisotopic (exact) mass is 244 g/mol. The summed E-state index contributed by atoms with van der Waals surface area (Å²) in [4.78, 5) is 24.3. The van der Waals surface area contributed by atoms with Gasteiger partial charge in [0.2, 0.25) is 5.91 Å². The van der Waals surface area contributed by atoms with Gasteiger partial charge in [-0.25, -0.2) is 0 Å². The molecule has 0 spiro atoms. The molecule has 0 radical (unpaired) electrons. The van der Waals surface area contributed by atoms with Crippen molar-refractivity contribution in [2.75, 3.05) is 26.2 Å². The van der Waals surface area contributed by atoms with Gasteiger partial charge in [0.1, 0.15) is 0 Å². The number of nitrogens with two attached hydrogens (primary N) is 1. The number of primary amides is 1. The average molecular weight is 244 g/mol. The highest BCUT2D eigenvalue weighted by atomic mass is 16.5. The quantitative estimate of drug-likeness (QED) is 0.636. The van der Waals surface area contributed by atoms with E-state index in [1.807, 2.05) is 4.90 Å². The summed E-state index contributed by atoms with van der Waals surface area (Å²) in [5.41, 5.74) is 5.18. The normalized spacial score (nSPS) is 12.8. The van der Waals surface area contributed by atoms with Gasteiger partial charge in [-0.3, -0.25) is 14.5 Å². The van der Waals surface area contributed by atoms with Gasteiger partial charge in [0.15, 0.2) is 0 Å². The summed E-state index contributed by atoms with van der Waals surface area (Å²) in [6, 6.07) is 0. The zero-order valence-corrected chi connectivity index (χ0v) is 11.2. The van der Waals surface area contributed by atoms with E-state index in [2.05, 4.69) is 13.8 Å². The number of hydrogen-bond acceptors (Lipinski definition) is 4. The van der Waals surface area contributed by atoms with Crippen LogP contribution in [0.5, 0.6) is 0 Å². The summed E-state index contributed by atoms with van der Waals surface area (Å²) in [6.45, 7) is 9.50. The molecule has 2 N–H and O–H groups in total. The maximum absolute atomic E-state index is 11.5. The molecule has 1 unspecified atom stereocenters. The SMILES string of the molecule is CCOC(=O)C(C)CN(CC(N)=O)CC(C)C. The Bertz CT molecular complexity index is 254. The average Bonchev–Trinajstić information content (AvgIpc) is 2.15. The van der Waals surface area contributed by atoms with E-state index in [0.29, 0.717) is 19.1 Å². The number of esters is 1. The predicted octanol–water partition coefficient (Wildman–Crippen LogP) is 0.629. The Balaban J connectivity index is 4.30. The van der Waals surface area contributed by atoms with E-state index in [1.165, 1.54) is 0 Å². The van der Waals surface area contributed by atoms with E-state index in [1.54, 1.807) is 13.8 Å². The zero-order chi connectivity index (χ0) is 13.4. The van der Waals surface area contributed by atoms with Crippen LogP contribution in [-0.4, -0.2) is 43.0 Å². The number of carbonyl (C=O) groups excluding carboxylic acids is 2. The molecule has 17 heavy (non-hydrogen) atoms. The van der Waals surface area contributed by atoms with E-state index in [0.717, 1.165) is 6.54 Å². The molecule has 5 nitrogen and oxygen atoms in total. The molecule has 0 saturated heterocycles. The number of nitrogens with zero attached hydrogens (tertiary/aromatic N) is 1. The smallest absolute Gasteiger partial charge is 0.309 e. The van der Waals surface area contributed by atoms with Crippen molar-refractivity contribution >= 4 is 11.9 Å². The molecule has 0 fully saturated rings. The first-order chi connectivity index (χ1) is 7.86. The van der Waals surface area contributed by atoms with Gasteiger partial charge in [0.05, 0.1) is 19.1 Å². The van der Waals surface area contributed by atoms with Crippen LogP contribution in [0.25, 0.3) is 0 Å². The van der Waals surface area contributed by atoms with Crippen LogP contribution in [0.3, 0.4) is 0 Å². The predicted molar refractivity (Wildman–Crippen MR) is 66.3 cm³/mol. The molecule has 1 atom stereocenters. The number of ether oxygens (including phenoxy) is 1. The summed E-state index contributed by atoms with van der Waals surface area (Å²) in [7, 11) is 0. The highest BCUT2D eigenvalue weighted by Gasteiger charge is 2.19. The molecule has 0 aromatic carbocycles. The summed E-state index contributed by atoms with van der Waals surface area (Å²) in [6.07, 6.45) is 0. The van der Waals surface area contributed by atoms with Crippen molar-refractivity contribution in [1.29, 1.82) is 0 Å². The second-order valence-corrected chi connectivity index (χ2v) is 4.71. The molecule has 0 aliphatic carbocycles. The molecule has 0 bridgehead atoms. The molecular weight excluding hydrogens is 220 g/mol. The van der Waals surface area contributed by atoms with Crippen molar-refractivity contribution in [3.63, 3.8) is 0 Å². The van der Waals surface area contributed by atoms with Gasteiger partial charge in [-0.05, 0) is 12.8 Å². The summed E-state index contributed by atoms with van der Waals surface area (Å²) < 4.78 is 4.93. The number of amides is 1. The lowest BCUT2D eigenvalue weighted by Crippen LogP contribution is -2.40. The van der Waals surface area contributed by atoms with E-state index >= 15 is 0 Å². The van der Waals surface area contributed by atoms with Gasteiger partial charge in [0.25, 0.3) is 0 Å². The third-order valence-corrected chi connectivity index (χ3v) is 2.22. The molecular formula is C12H24N2O3. The second-order valence-electron chi connectivity index (χ2n) is 4.71. The van der Waals surface area contributed by atoms with Crippen LogP contribution >= 0.6 is 0 Å². The van der Waals surface area contributed by atoms with E-state index in [-0.39, 0.29) is 24.3 Å². The fraction of sp³-hybridized carbons (Fsp3) is 0.833. The van der Waals surface area contributed by atoms with Crippen molar-refractivity contribution in [3.8, 4) is 0 Å². The Morgan fingerprint density at radius 1 is 1.24 bits per heavy atom. The Kier molecular flexibility index (Phi) is 7.54. The Morgan fingerprint density at radius 2 is 1.82 bits per heavy atom. The van der Waals surface area contributed by atoms with Crippen LogP contribution in [0.1, 0.15) is 27.7 Å². The van der Waals surface area contributed by atoms with Gasteiger partial charge in [-0.15, -0.1) is 0 Å². The minimum atomic E-state index is -0.373. The van der Waals surface area contributed by atoms with Crippen LogP contribution < -0.4 is 5.73 Å².